The van der Waals surface area contributed by atoms with Gasteiger partial charge in [-0.1, -0.05) is 27.7 Å². The quantitative estimate of drug-likeness (QED) is 0.410. The SMILES string of the molecule is CCN=C(NC1C2CCOC2C1(C)C)N1CC(C)(C)C1(C)C.I. The first-order chi connectivity index (χ1) is 10.1. The van der Waals surface area contributed by atoms with Gasteiger partial charge in [-0.05, 0) is 27.2 Å². The maximum absolute atomic E-state index is 5.92. The van der Waals surface area contributed by atoms with E-state index in [0.29, 0.717) is 23.5 Å². The molecule has 0 aromatic rings. The summed E-state index contributed by atoms with van der Waals surface area (Å²) in [4.78, 5) is 7.25. The van der Waals surface area contributed by atoms with E-state index in [1.54, 1.807) is 0 Å². The van der Waals surface area contributed by atoms with Crippen LogP contribution in [0, 0.1) is 16.7 Å². The van der Waals surface area contributed by atoms with Crippen LogP contribution in [0.15, 0.2) is 4.99 Å². The summed E-state index contributed by atoms with van der Waals surface area (Å²) in [6.07, 6.45) is 1.61. The zero-order valence-corrected chi connectivity index (χ0v) is 18.1. The van der Waals surface area contributed by atoms with Gasteiger partial charge >= 0.3 is 0 Å². The van der Waals surface area contributed by atoms with E-state index in [4.69, 9.17) is 9.73 Å². The van der Waals surface area contributed by atoms with Crippen LogP contribution >= 0.6 is 24.0 Å². The number of fused-ring (bicyclic) bond motifs is 1. The number of guanidine groups is 1. The minimum atomic E-state index is 0. The van der Waals surface area contributed by atoms with Crippen LogP contribution in [0.4, 0.5) is 0 Å². The van der Waals surface area contributed by atoms with Crippen molar-refractivity contribution < 1.29 is 4.74 Å². The Morgan fingerprint density at radius 3 is 2.39 bits per heavy atom. The predicted octanol–water partition coefficient (Wildman–Crippen LogP) is 3.50. The molecule has 0 radical (unpaired) electrons. The molecule has 3 unspecified atom stereocenters. The lowest BCUT2D eigenvalue weighted by atomic mass is 9.57. The monoisotopic (exact) mass is 435 g/mol. The first-order valence-electron chi connectivity index (χ1n) is 8.83. The maximum atomic E-state index is 5.92. The van der Waals surface area contributed by atoms with Crippen molar-refractivity contribution in [2.24, 2.45) is 21.7 Å². The lowest BCUT2D eigenvalue weighted by Crippen LogP contribution is -2.75. The molecule has 1 aliphatic carbocycles. The summed E-state index contributed by atoms with van der Waals surface area (Å²) in [5.41, 5.74) is 0.672. The van der Waals surface area contributed by atoms with Crippen LogP contribution in [0.5, 0.6) is 0 Å². The number of ether oxygens (including phenoxy) is 1. The minimum Gasteiger partial charge on any atom is -0.377 e. The molecule has 2 aliphatic heterocycles. The molecule has 23 heavy (non-hydrogen) atoms. The largest absolute Gasteiger partial charge is 0.377 e. The average molecular weight is 435 g/mol. The Labute approximate surface area is 158 Å². The molecule has 3 aliphatic rings. The fraction of sp³-hybridized carbons (Fsp3) is 0.944. The van der Waals surface area contributed by atoms with Crippen molar-refractivity contribution in [3.05, 3.63) is 0 Å². The van der Waals surface area contributed by atoms with Crippen LogP contribution in [0.2, 0.25) is 0 Å². The van der Waals surface area contributed by atoms with Gasteiger partial charge in [0.15, 0.2) is 5.96 Å². The lowest BCUT2D eigenvalue weighted by Gasteiger charge is -2.63. The molecule has 1 N–H and O–H groups in total. The van der Waals surface area contributed by atoms with Gasteiger partial charge in [0.2, 0.25) is 0 Å². The van der Waals surface area contributed by atoms with Gasteiger partial charge in [-0.3, -0.25) is 4.99 Å². The van der Waals surface area contributed by atoms with Crippen LogP contribution in [-0.4, -0.2) is 48.2 Å². The second kappa shape index (κ2) is 6.04. The number of hydrogen-bond acceptors (Lipinski definition) is 2. The van der Waals surface area contributed by atoms with E-state index < -0.39 is 0 Å². The van der Waals surface area contributed by atoms with Gasteiger partial charge in [-0.15, -0.1) is 24.0 Å². The van der Waals surface area contributed by atoms with Crippen molar-refractivity contribution in [3.63, 3.8) is 0 Å². The maximum Gasteiger partial charge on any atom is 0.194 e. The van der Waals surface area contributed by atoms with Crippen molar-refractivity contribution in [2.45, 2.75) is 72.6 Å². The normalized spacial score (nSPS) is 36.4. The molecule has 4 nitrogen and oxygen atoms in total. The minimum absolute atomic E-state index is 0. The molecule has 0 aromatic carbocycles. The van der Waals surface area contributed by atoms with E-state index in [1.165, 1.54) is 6.42 Å². The van der Waals surface area contributed by atoms with Gasteiger partial charge in [-0.2, -0.15) is 0 Å². The van der Waals surface area contributed by atoms with E-state index in [-0.39, 0.29) is 34.9 Å². The third-order valence-corrected chi connectivity index (χ3v) is 6.83. The summed E-state index contributed by atoms with van der Waals surface area (Å²) in [7, 11) is 0. The van der Waals surface area contributed by atoms with Gasteiger partial charge in [0, 0.05) is 48.0 Å². The summed E-state index contributed by atoms with van der Waals surface area (Å²) < 4.78 is 5.92. The zero-order chi connectivity index (χ0) is 16.3. The van der Waals surface area contributed by atoms with Crippen LogP contribution in [-0.2, 0) is 4.74 Å². The van der Waals surface area contributed by atoms with Crippen molar-refractivity contribution >= 4 is 29.9 Å². The highest BCUT2D eigenvalue weighted by atomic mass is 127. The first kappa shape index (κ1) is 19.3. The number of likely N-dealkylation sites (tertiary alicyclic amines) is 1. The van der Waals surface area contributed by atoms with Gasteiger partial charge in [0.25, 0.3) is 0 Å². The second-order valence-electron chi connectivity index (χ2n) is 9.01. The molecule has 1 saturated carbocycles. The highest BCUT2D eigenvalue weighted by molar-refractivity contribution is 14.0. The summed E-state index contributed by atoms with van der Waals surface area (Å²) >= 11 is 0. The first-order valence-corrected chi connectivity index (χ1v) is 8.83. The molecule has 0 spiro atoms. The van der Waals surface area contributed by atoms with Crippen molar-refractivity contribution in [3.8, 4) is 0 Å². The summed E-state index contributed by atoms with van der Waals surface area (Å²) in [6.45, 7) is 18.9. The van der Waals surface area contributed by atoms with Gasteiger partial charge < -0.3 is 15.0 Å². The lowest BCUT2D eigenvalue weighted by molar-refractivity contribution is -0.112. The Morgan fingerprint density at radius 1 is 1.22 bits per heavy atom. The molecule has 0 amide bonds. The molecular formula is C18H34IN3O. The van der Waals surface area contributed by atoms with E-state index in [0.717, 1.165) is 25.7 Å². The van der Waals surface area contributed by atoms with Gasteiger partial charge in [0.1, 0.15) is 0 Å². The van der Waals surface area contributed by atoms with Crippen molar-refractivity contribution in [1.82, 2.24) is 10.2 Å². The second-order valence-corrected chi connectivity index (χ2v) is 9.01. The number of nitrogens with one attached hydrogen (secondary N) is 1. The molecule has 2 saturated heterocycles. The number of halogens is 1. The third-order valence-electron chi connectivity index (χ3n) is 6.83. The molecule has 0 aromatic heterocycles. The van der Waals surface area contributed by atoms with E-state index in [9.17, 15) is 0 Å². The van der Waals surface area contributed by atoms with E-state index in [1.807, 2.05) is 0 Å². The number of hydrogen-bond donors (Lipinski definition) is 1. The fourth-order valence-corrected chi connectivity index (χ4v) is 4.52. The van der Waals surface area contributed by atoms with Crippen LogP contribution < -0.4 is 5.32 Å². The van der Waals surface area contributed by atoms with Crippen LogP contribution in [0.25, 0.3) is 0 Å². The Morgan fingerprint density at radius 2 is 1.87 bits per heavy atom. The zero-order valence-electron chi connectivity index (χ0n) is 15.8. The molecule has 2 heterocycles. The van der Waals surface area contributed by atoms with Crippen LogP contribution in [0.1, 0.15) is 54.9 Å². The number of aliphatic imine (C=N–C) groups is 1. The molecule has 5 heteroatoms. The molecule has 0 bridgehead atoms. The number of nitrogens with zero attached hydrogens (tertiary/aromatic N) is 2. The summed E-state index contributed by atoms with van der Waals surface area (Å²) in [5.74, 6) is 1.74. The molecule has 134 valence electrons. The number of rotatable bonds is 2. The Bertz CT molecular complexity index is 487. The Balaban J connectivity index is 0.00000192. The van der Waals surface area contributed by atoms with Crippen LogP contribution in [0.3, 0.4) is 0 Å². The highest BCUT2D eigenvalue weighted by Gasteiger charge is 2.61. The summed E-state index contributed by atoms with van der Waals surface area (Å²) in [5, 5.41) is 3.81. The Kier molecular flexibility index (Phi) is 5.07. The van der Waals surface area contributed by atoms with Crippen molar-refractivity contribution in [1.29, 1.82) is 0 Å². The molecule has 3 atom stereocenters. The van der Waals surface area contributed by atoms with E-state index in [2.05, 4.69) is 58.7 Å². The summed E-state index contributed by atoms with van der Waals surface area (Å²) in [6, 6.07) is 0.477. The standard InChI is InChI=1S/C18H33N3O.HI/c1-8-19-15(21-11-16(2,3)18(21,6)7)20-13-12-9-10-22-14(12)17(13,4)5;/h12-14H,8-11H2,1-7H3,(H,19,20);1H. The highest BCUT2D eigenvalue weighted by Crippen LogP contribution is 2.53. The third kappa shape index (κ3) is 2.70. The molecule has 3 rings (SSSR count). The topological polar surface area (TPSA) is 36.9 Å². The average Bonchev–Trinajstić information content (AvgIpc) is 2.88. The predicted molar refractivity (Wildman–Crippen MR) is 107 cm³/mol. The van der Waals surface area contributed by atoms with E-state index >= 15 is 0 Å². The van der Waals surface area contributed by atoms with Crippen molar-refractivity contribution in [2.75, 3.05) is 19.7 Å². The fourth-order valence-electron chi connectivity index (χ4n) is 4.52. The molecule has 3 fully saturated rings. The van der Waals surface area contributed by atoms with Gasteiger partial charge in [0.05, 0.1) is 6.10 Å². The molecular weight excluding hydrogens is 401 g/mol. The Hall–Kier alpha value is -0.0400. The van der Waals surface area contributed by atoms with Gasteiger partial charge in [-0.25, -0.2) is 0 Å². The smallest absolute Gasteiger partial charge is 0.194 e.